The molecule has 0 saturated heterocycles. The summed E-state index contributed by atoms with van der Waals surface area (Å²) in [7, 11) is 0. The molecule has 1 aliphatic rings. The van der Waals surface area contributed by atoms with E-state index in [2.05, 4.69) is 61.9 Å². The second-order valence-electron chi connectivity index (χ2n) is 5.74. The number of alkyl halides is 1. The normalized spacial score (nSPS) is 22.9. The maximum absolute atomic E-state index is 4.50. The Labute approximate surface area is 128 Å². The lowest BCUT2D eigenvalue weighted by atomic mass is 9.82. The quantitative estimate of drug-likeness (QED) is 0.776. The van der Waals surface area contributed by atoms with Crippen molar-refractivity contribution in [1.82, 2.24) is 14.8 Å². The molecule has 2 aromatic rings. The van der Waals surface area contributed by atoms with Gasteiger partial charge in [-0.3, -0.25) is 4.57 Å². The zero-order chi connectivity index (χ0) is 13.9. The van der Waals surface area contributed by atoms with Crippen LogP contribution < -0.4 is 0 Å². The topological polar surface area (TPSA) is 30.7 Å². The highest BCUT2D eigenvalue weighted by atomic mass is 79.9. The molecule has 1 saturated carbocycles. The Morgan fingerprint density at radius 1 is 1.10 bits per heavy atom. The molecule has 1 heterocycles. The number of aromatic nitrogens is 3. The van der Waals surface area contributed by atoms with Gasteiger partial charge in [-0.05, 0) is 30.9 Å². The summed E-state index contributed by atoms with van der Waals surface area (Å²) in [5.74, 6) is 3.53. The number of para-hydroxylation sites is 1. The van der Waals surface area contributed by atoms with E-state index in [1.54, 1.807) is 0 Å². The summed E-state index contributed by atoms with van der Waals surface area (Å²) in [5, 5.41) is 9.60. The van der Waals surface area contributed by atoms with Gasteiger partial charge in [0.05, 0.1) is 5.33 Å². The van der Waals surface area contributed by atoms with E-state index in [1.165, 1.54) is 31.4 Å². The molecule has 0 amide bonds. The third-order valence-electron chi connectivity index (χ3n) is 4.27. The van der Waals surface area contributed by atoms with Crippen LogP contribution in [-0.4, -0.2) is 14.8 Å². The highest BCUT2D eigenvalue weighted by Crippen LogP contribution is 2.35. The van der Waals surface area contributed by atoms with Gasteiger partial charge in [0, 0.05) is 11.6 Å². The Bertz CT molecular complexity index is 556. The summed E-state index contributed by atoms with van der Waals surface area (Å²) in [6, 6.07) is 10.4. The first-order valence-electron chi connectivity index (χ1n) is 7.35. The molecule has 20 heavy (non-hydrogen) atoms. The van der Waals surface area contributed by atoms with Gasteiger partial charge in [0.1, 0.15) is 11.6 Å². The van der Waals surface area contributed by atoms with Crippen LogP contribution in [0.25, 0.3) is 5.69 Å². The fourth-order valence-electron chi connectivity index (χ4n) is 3.06. The Morgan fingerprint density at radius 3 is 2.45 bits per heavy atom. The van der Waals surface area contributed by atoms with E-state index in [9.17, 15) is 0 Å². The van der Waals surface area contributed by atoms with Gasteiger partial charge < -0.3 is 0 Å². The van der Waals surface area contributed by atoms with Crippen LogP contribution >= 0.6 is 15.9 Å². The molecule has 0 N–H and O–H groups in total. The number of nitrogens with zero attached hydrogens (tertiary/aromatic N) is 3. The third-order valence-corrected chi connectivity index (χ3v) is 4.77. The van der Waals surface area contributed by atoms with Gasteiger partial charge in [0.15, 0.2) is 0 Å². The molecule has 1 aromatic heterocycles. The summed E-state index contributed by atoms with van der Waals surface area (Å²) < 4.78 is 2.23. The molecule has 0 atom stereocenters. The molecule has 3 rings (SSSR count). The van der Waals surface area contributed by atoms with Gasteiger partial charge in [-0.15, -0.1) is 10.2 Å². The first-order chi connectivity index (χ1) is 9.79. The van der Waals surface area contributed by atoms with Crippen molar-refractivity contribution in [3.05, 3.63) is 42.0 Å². The number of rotatable bonds is 3. The van der Waals surface area contributed by atoms with Crippen LogP contribution in [-0.2, 0) is 5.33 Å². The van der Waals surface area contributed by atoms with Crippen LogP contribution in [0.15, 0.2) is 30.3 Å². The summed E-state index contributed by atoms with van der Waals surface area (Å²) >= 11 is 3.53. The van der Waals surface area contributed by atoms with Gasteiger partial charge in [-0.1, -0.05) is 53.9 Å². The van der Waals surface area contributed by atoms with Crippen molar-refractivity contribution >= 4 is 15.9 Å². The average Bonchev–Trinajstić information content (AvgIpc) is 2.93. The number of hydrogen-bond acceptors (Lipinski definition) is 2. The predicted octanol–water partition coefficient (Wildman–Crippen LogP) is 4.46. The second-order valence-corrected chi connectivity index (χ2v) is 6.30. The summed E-state index contributed by atoms with van der Waals surface area (Å²) in [4.78, 5) is 0. The Hall–Kier alpha value is -1.16. The Morgan fingerprint density at radius 2 is 1.80 bits per heavy atom. The van der Waals surface area contributed by atoms with Crippen molar-refractivity contribution in [3.8, 4) is 5.69 Å². The van der Waals surface area contributed by atoms with Crippen LogP contribution in [0.3, 0.4) is 0 Å². The van der Waals surface area contributed by atoms with E-state index in [4.69, 9.17) is 0 Å². The summed E-state index contributed by atoms with van der Waals surface area (Å²) in [6.45, 7) is 2.35. The molecule has 0 aliphatic heterocycles. The zero-order valence-corrected chi connectivity index (χ0v) is 13.4. The van der Waals surface area contributed by atoms with E-state index >= 15 is 0 Å². The Balaban J connectivity index is 1.98. The SMILES string of the molecule is CC1CCC(c2nnc(CBr)n2-c2ccccc2)CC1. The first-order valence-corrected chi connectivity index (χ1v) is 8.47. The van der Waals surface area contributed by atoms with Gasteiger partial charge in [-0.25, -0.2) is 0 Å². The van der Waals surface area contributed by atoms with Gasteiger partial charge >= 0.3 is 0 Å². The van der Waals surface area contributed by atoms with E-state index < -0.39 is 0 Å². The molecule has 1 aromatic carbocycles. The first kappa shape index (κ1) is 13.8. The molecular weight excluding hydrogens is 314 g/mol. The van der Waals surface area contributed by atoms with Crippen LogP contribution in [0.2, 0.25) is 0 Å². The Kier molecular flexibility index (Phi) is 4.20. The third kappa shape index (κ3) is 2.66. The molecule has 4 heteroatoms. The maximum Gasteiger partial charge on any atom is 0.148 e. The average molecular weight is 334 g/mol. The maximum atomic E-state index is 4.50. The highest BCUT2D eigenvalue weighted by molar-refractivity contribution is 9.08. The molecule has 1 fully saturated rings. The van der Waals surface area contributed by atoms with Crippen LogP contribution in [0.1, 0.15) is 50.2 Å². The van der Waals surface area contributed by atoms with E-state index in [0.29, 0.717) is 5.92 Å². The van der Waals surface area contributed by atoms with Crippen LogP contribution in [0.5, 0.6) is 0 Å². The number of hydrogen-bond donors (Lipinski definition) is 0. The zero-order valence-electron chi connectivity index (χ0n) is 11.8. The molecular formula is C16H20BrN3. The van der Waals surface area contributed by atoms with E-state index in [1.807, 2.05) is 6.07 Å². The van der Waals surface area contributed by atoms with Crippen molar-refractivity contribution < 1.29 is 0 Å². The van der Waals surface area contributed by atoms with E-state index in [-0.39, 0.29) is 0 Å². The lowest BCUT2D eigenvalue weighted by Gasteiger charge is -2.26. The van der Waals surface area contributed by atoms with Crippen LogP contribution in [0.4, 0.5) is 0 Å². The largest absolute Gasteiger partial charge is 0.282 e. The summed E-state index contributed by atoms with van der Waals surface area (Å²) in [5.41, 5.74) is 1.17. The van der Waals surface area contributed by atoms with Crippen LogP contribution in [0, 0.1) is 5.92 Å². The lowest BCUT2D eigenvalue weighted by Crippen LogP contribution is -2.15. The molecule has 3 nitrogen and oxygen atoms in total. The van der Waals surface area contributed by atoms with Gasteiger partial charge in [0.25, 0.3) is 0 Å². The molecule has 0 unspecified atom stereocenters. The minimum absolute atomic E-state index is 0.548. The monoisotopic (exact) mass is 333 g/mol. The fraction of sp³-hybridized carbons (Fsp3) is 0.500. The number of halogens is 1. The van der Waals surface area contributed by atoms with E-state index in [0.717, 1.165) is 22.9 Å². The fourth-order valence-corrected chi connectivity index (χ4v) is 3.42. The molecule has 106 valence electrons. The van der Waals surface area contributed by atoms with Crippen molar-refractivity contribution in [2.24, 2.45) is 5.92 Å². The van der Waals surface area contributed by atoms with Gasteiger partial charge in [-0.2, -0.15) is 0 Å². The van der Waals surface area contributed by atoms with Crippen molar-refractivity contribution in [2.45, 2.75) is 43.9 Å². The summed E-state index contributed by atoms with van der Waals surface area (Å²) in [6.07, 6.45) is 5.06. The van der Waals surface area contributed by atoms with Crippen molar-refractivity contribution in [3.63, 3.8) is 0 Å². The highest BCUT2D eigenvalue weighted by Gasteiger charge is 2.25. The molecule has 1 aliphatic carbocycles. The molecule has 0 radical (unpaired) electrons. The predicted molar refractivity (Wildman–Crippen MR) is 84.4 cm³/mol. The van der Waals surface area contributed by atoms with Crippen molar-refractivity contribution in [1.29, 1.82) is 0 Å². The van der Waals surface area contributed by atoms with Gasteiger partial charge in [0.2, 0.25) is 0 Å². The van der Waals surface area contributed by atoms with Crippen molar-refractivity contribution in [2.75, 3.05) is 0 Å². The minimum atomic E-state index is 0.548. The second kappa shape index (κ2) is 6.08. The standard InChI is InChI=1S/C16H20BrN3/c1-12-7-9-13(10-8-12)16-19-18-15(11-17)20(16)14-5-3-2-4-6-14/h2-6,12-13H,7-11H2,1H3. The lowest BCUT2D eigenvalue weighted by molar-refractivity contribution is 0.337. The molecule has 0 spiro atoms. The molecule has 0 bridgehead atoms. The minimum Gasteiger partial charge on any atom is -0.282 e. The number of benzene rings is 1. The smallest absolute Gasteiger partial charge is 0.148 e.